The number of methoxy groups -OCH3 is 1. The molecule has 0 spiro atoms. The summed E-state index contributed by atoms with van der Waals surface area (Å²) in [7, 11) is 1.69. The summed E-state index contributed by atoms with van der Waals surface area (Å²) in [6, 6.07) is 0. The van der Waals surface area contributed by atoms with E-state index in [0.717, 1.165) is 19.5 Å². The molecule has 0 aliphatic carbocycles. The highest BCUT2D eigenvalue weighted by Crippen LogP contribution is 2.10. The van der Waals surface area contributed by atoms with Crippen molar-refractivity contribution in [1.29, 1.82) is 0 Å². The van der Waals surface area contributed by atoms with E-state index in [-0.39, 0.29) is 12.0 Å². The molecule has 0 aromatic rings. The molecule has 1 atom stereocenters. The highest BCUT2D eigenvalue weighted by Gasteiger charge is 2.22. The topological polar surface area (TPSA) is 67.6 Å². The molecule has 1 unspecified atom stereocenters. The first-order valence-electron chi connectivity index (χ1n) is 4.01. The molecule has 1 fully saturated rings. The van der Waals surface area contributed by atoms with Crippen LogP contribution in [-0.4, -0.2) is 43.7 Å². The van der Waals surface area contributed by atoms with Crippen LogP contribution in [0.5, 0.6) is 0 Å². The maximum absolute atomic E-state index is 10.8. The molecule has 1 rings (SSSR count). The van der Waals surface area contributed by atoms with Crippen molar-refractivity contribution in [2.75, 3.05) is 26.7 Å². The maximum Gasteiger partial charge on any atom is 0.248 e. The summed E-state index contributed by atoms with van der Waals surface area (Å²) < 4.78 is 5.15. The van der Waals surface area contributed by atoms with Crippen LogP contribution in [-0.2, 0) is 9.53 Å². The standard InChI is InChI=1S/C7H15N3O2/c1-12-6-2-3-10(4-6)5-7(11)9-8/h6H,2-5,8H2,1H3,(H,9,11). The Bertz CT molecular complexity index is 163. The summed E-state index contributed by atoms with van der Waals surface area (Å²) in [5, 5.41) is 0. The van der Waals surface area contributed by atoms with E-state index in [2.05, 4.69) is 5.43 Å². The molecule has 1 amide bonds. The van der Waals surface area contributed by atoms with Crippen LogP contribution in [0.4, 0.5) is 0 Å². The SMILES string of the molecule is COC1CCN(CC(=O)NN)C1. The van der Waals surface area contributed by atoms with Gasteiger partial charge in [0.25, 0.3) is 0 Å². The van der Waals surface area contributed by atoms with Crippen LogP contribution in [0.15, 0.2) is 0 Å². The Hall–Kier alpha value is -0.650. The molecule has 70 valence electrons. The van der Waals surface area contributed by atoms with Gasteiger partial charge >= 0.3 is 0 Å². The molecule has 12 heavy (non-hydrogen) atoms. The predicted octanol–water partition coefficient (Wildman–Crippen LogP) is -1.30. The lowest BCUT2D eigenvalue weighted by atomic mass is 10.3. The second-order valence-electron chi connectivity index (χ2n) is 2.95. The van der Waals surface area contributed by atoms with Crippen LogP contribution in [0.2, 0.25) is 0 Å². The molecular formula is C7H15N3O2. The number of hydrazine groups is 1. The smallest absolute Gasteiger partial charge is 0.248 e. The number of nitrogens with one attached hydrogen (secondary N) is 1. The molecule has 0 radical (unpaired) electrons. The molecule has 1 heterocycles. The van der Waals surface area contributed by atoms with E-state index in [1.54, 1.807) is 7.11 Å². The molecule has 0 saturated carbocycles. The fourth-order valence-corrected chi connectivity index (χ4v) is 1.38. The number of amides is 1. The average molecular weight is 173 g/mol. The van der Waals surface area contributed by atoms with Gasteiger partial charge in [-0.2, -0.15) is 0 Å². The number of likely N-dealkylation sites (tertiary alicyclic amines) is 1. The molecule has 0 aromatic heterocycles. The lowest BCUT2D eigenvalue weighted by molar-refractivity contribution is -0.122. The van der Waals surface area contributed by atoms with Crippen LogP contribution in [0.25, 0.3) is 0 Å². The summed E-state index contributed by atoms with van der Waals surface area (Å²) >= 11 is 0. The van der Waals surface area contributed by atoms with Gasteiger partial charge in [-0.1, -0.05) is 0 Å². The van der Waals surface area contributed by atoms with Crippen molar-refractivity contribution in [2.24, 2.45) is 5.84 Å². The highest BCUT2D eigenvalue weighted by atomic mass is 16.5. The summed E-state index contributed by atoms with van der Waals surface area (Å²) in [6.45, 7) is 2.10. The summed E-state index contributed by atoms with van der Waals surface area (Å²) in [4.78, 5) is 12.9. The first-order valence-corrected chi connectivity index (χ1v) is 4.01. The number of hydrogen-bond donors (Lipinski definition) is 2. The molecule has 5 heteroatoms. The van der Waals surface area contributed by atoms with Gasteiger partial charge in [-0.05, 0) is 6.42 Å². The zero-order valence-corrected chi connectivity index (χ0v) is 7.25. The monoisotopic (exact) mass is 173 g/mol. The highest BCUT2D eigenvalue weighted by molar-refractivity contribution is 5.77. The molecule has 1 saturated heterocycles. The van der Waals surface area contributed by atoms with Crippen LogP contribution in [0.3, 0.4) is 0 Å². The largest absolute Gasteiger partial charge is 0.380 e. The molecule has 1 aliphatic rings. The third-order valence-electron chi connectivity index (χ3n) is 2.09. The predicted molar refractivity (Wildman–Crippen MR) is 44.2 cm³/mol. The van der Waals surface area contributed by atoms with Gasteiger partial charge in [-0.15, -0.1) is 0 Å². The maximum atomic E-state index is 10.8. The third kappa shape index (κ3) is 2.44. The summed E-state index contributed by atoms with van der Waals surface area (Å²) in [5.41, 5.74) is 2.10. The fraction of sp³-hybridized carbons (Fsp3) is 0.857. The minimum absolute atomic E-state index is 0.147. The number of rotatable bonds is 3. The second kappa shape index (κ2) is 4.39. The lowest BCUT2D eigenvalue weighted by Gasteiger charge is -2.13. The number of ether oxygens (including phenoxy) is 1. The Balaban J connectivity index is 2.23. The number of nitrogens with two attached hydrogens (primary N) is 1. The number of nitrogens with zero attached hydrogens (tertiary/aromatic N) is 1. The number of carbonyl (C=O) groups is 1. The van der Waals surface area contributed by atoms with Gasteiger partial charge in [0.05, 0.1) is 12.6 Å². The Morgan fingerprint density at radius 1 is 1.83 bits per heavy atom. The number of hydrogen-bond acceptors (Lipinski definition) is 4. The zero-order chi connectivity index (χ0) is 8.97. The second-order valence-corrected chi connectivity index (χ2v) is 2.95. The van der Waals surface area contributed by atoms with Gasteiger partial charge in [-0.25, -0.2) is 5.84 Å². The third-order valence-corrected chi connectivity index (χ3v) is 2.09. The van der Waals surface area contributed by atoms with Gasteiger partial charge in [0.15, 0.2) is 0 Å². The Morgan fingerprint density at radius 3 is 3.08 bits per heavy atom. The molecule has 3 N–H and O–H groups in total. The normalized spacial score (nSPS) is 24.3. The van der Waals surface area contributed by atoms with E-state index in [1.165, 1.54) is 0 Å². The molecular weight excluding hydrogens is 158 g/mol. The van der Waals surface area contributed by atoms with Crippen molar-refractivity contribution < 1.29 is 9.53 Å². The Morgan fingerprint density at radius 2 is 2.58 bits per heavy atom. The van der Waals surface area contributed by atoms with Crippen molar-refractivity contribution in [3.63, 3.8) is 0 Å². The van der Waals surface area contributed by atoms with Gasteiger partial charge < -0.3 is 4.74 Å². The molecule has 5 nitrogen and oxygen atoms in total. The van der Waals surface area contributed by atoms with Crippen LogP contribution in [0.1, 0.15) is 6.42 Å². The zero-order valence-electron chi connectivity index (χ0n) is 7.25. The van der Waals surface area contributed by atoms with Gasteiger partial charge in [0.1, 0.15) is 0 Å². The summed E-state index contributed by atoms with van der Waals surface area (Å²) in [5.74, 6) is 4.81. The van der Waals surface area contributed by atoms with Crippen LogP contribution >= 0.6 is 0 Å². The van der Waals surface area contributed by atoms with E-state index in [4.69, 9.17) is 10.6 Å². The van der Waals surface area contributed by atoms with Gasteiger partial charge in [0.2, 0.25) is 5.91 Å². The summed E-state index contributed by atoms with van der Waals surface area (Å²) in [6.07, 6.45) is 1.27. The molecule has 1 aliphatic heterocycles. The van der Waals surface area contributed by atoms with Gasteiger partial charge in [0, 0.05) is 20.2 Å². The minimum Gasteiger partial charge on any atom is -0.380 e. The van der Waals surface area contributed by atoms with E-state index in [0.29, 0.717) is 6.54 Å². The number of carbonyl (C=O) groups excluding carboxylic acids is 1. The fourth-order valence-electron chi connectivity index (χ4n) is 1.38. The van der Waals surface area contributed by atoms with Crippen molar-refractivity contribution in [3.05, 3.63) is 0 Å². The van der Waals surface area contributed by atoms with E-state index in [1.807, 2.05) is 4.90 Å². The first-order chi connectivity index (χ1) is 5.76. The molecule has 0 aromatic carbocycles. The average Bonchev–Trinajstić information content (AvgIpc) is 2.52. The molecule has 0 bridgehead atoms. The van der Waals surface area contributed by atoms with E-state index in [9.17, 15) is 4.79 Å². The van der Waals surface area contributed by atoms with Crippen molar-refractivity contribution in [3.8, 4) is 0 Å². The van der Waals surface area contributed by atoms with Crippen molar-refractivity contribution in [1.82, 2.24) is 10.3 Å². The minimum atomic E-state index is -0.147. The van der Waals surface area contributed by atoms with E-state index >= 15 is 0 Å². The van der Waals surface area contributed by atoms with Crippen molar-refractivity contribution >= 4 is 5.91 Å². The van der Waals surface area contributed by atoms with E-state index < -0.39 is 0 Å². The Kier molecular flexibility index (Phi) is 3.46. The van der Waals surface area contributed by atoms with Crippen LogP contribution in [0, 0.1) is 0 Å². The quantitative estimate of drug-likeness (QED) is 0.316. The lowest BCUT2D eigenvalue weighted by Crippen LogP contribution is -2.39. The van der Waals surface area contributed by atoms with Crippen molar-refractivity contribution in [2.45, 2.75) is 12.5 Å². The first kappa shape index (κ1) is 9.44. The van der Waals surface area contributed by atoms with Crippen LogP contribution < -0.4 is 11.3 Å². The Labute approximate surface area is 71.8 Å². The van der Waals surface area contributed by atoms with Gasteiger partial charge in [-0.3, -0.25) is 15.1 Å².